The summed E-state index contributed by atoms with van der Waals surface area (Å²) in [6, 6.07) is 10.3. The van der Waals surface area contributed by atoms with Crippen LogP contribution in [-0.4, -0.2) is 26.0 Å². The number of ketones is 1. The molecule has 1 aliphatic heterocycles. The van der Waals surface area contributed by atoms with Gasteiger partial charge >= 0.3 is 6.18 Å². The molecule has 0 aromatic heterocycles. The Morgan fingerprint density at radius 1 is 1.16 bits per heavy atom. The highest BCUT2D eigenvalue weighted by molar-refractivity contribution is 5.97. The molecular weight excluding hydrogens is 331 g/mol. The van der Waals surface area contributed by atoms with Gasteiger partial charge in [-0.15, -0.1) is 0 Å². The first-order valence-electron chi connectivity index (χ1n) is 8.02. The molecule has 0 saturated heterocycles. The van der Waals surface area contributed by atoms with Crippen LogP contribution in [0.4, 0.5) is 18.9 Å². The second-order valence-corrected chi connectivity index (χ2v) is 6.07. The Bertz CT molecular complexity index is 769. The molecule has 0 N–H and O–H groups in total. The van der Waals surface area contributed by atoms with Gasteiger partial charge in [0.1, 0.15) is 12.4 Å². The third-order valence-electron chi connectivity index (χ3n) is 4.30. The zero-order chi connectivity index (χ0) is 18.0. The number of carbonyl (C=O) groups is 1. The maximum Gasteiger partial charge on any atom is 0.416 e. The fourth-order valence-electron chi connectivity index (χ4n) is 2.79. The molecule has 1 aliphatic rings. The monoisotopic (exact) mass is 349 g/mol. The molecule has 1 heterocycles. The van der Waals surface area contributed by atoms with Crippen molar-refractivity contribution in [2.24, 2.45) is 0 Å². The Kier molecular flexibility index (Phi) is 4.70. The number of nitrogens with zero attached hydrogens (tertiary/aromatic N) is 1. The summed E-state index contributed by atoms with van der Waals surface area (Å²) in [7, 11) is 1.97. The Labute approximate surface area is 144 Å². The van der Waals surface area contributed by atoms with Gasteiger partial charge < -0.3 is 9.64 Å². The number of halogens is 3. The summed E-state index contributed by atoms with van der Waals surface area (Å²) in [4.78, 5) is 14.4. The number of anilines is 1. The molecule has 132 valence electrons. The molecule has 0 aliphatic carbocycles. The molecule has 0 spiro atoms. The number of fused-ring (bicyclic) bond motifs is 1. The first kappa shape index (κ1) is 17.3. The van der Waals surface area contributed by atoms with Crippen molar-refractivity contribution >= 4 is 11.5 Å². The van der Waals surface area contributed by atoms with Gasteiger partial charge in [0.15, 0.2) is 5.78 Å². The zero-order valence-electron chi connectivity index (χ0n) is 13.8. The van der Waals surface area contributed by atoms with Gasteiger partial charge in [0.05, 0.1) is 17.8 Å². The lowest BCUT2D eigenvalue weighted by Crippen LogP contribution is -2.28. The average Bonchev–Trinajstić information content (AvgIpc) is 2.59. The van der Waals surface area contributed by atoms with Gasteiger partial charge in [-0.1, -0.05) is 12.1 Å². The number of benzene rings is 2. The fourth-order valence-corrected chi connectivity index (χ4v) is 2.79. The van der Waals surface area contributed by atoms with Crippen LogP contribution in [0.25, 0.3) is 0 Å². The van der Waals surface area contributed by atoms with Crippen molar-refractivity contribution in [3.8, 4) is 5.75 Å². The maximum atomic E-state index is 12.6. The molecule has 0 radical (unpaired) electrons. The third kappa shape index (κ3) is 3.95. The minimum Gasteiger partial charge on any atom is -0.490 e. The van der Waals surface area contributed by atoms with E-state index in [4.69, 9.17) is 4.74 Å². The lowest BCUT2D eigenvalue weighted by molar-refractivity contribution is -0.137. The molecule has 0 unspecified atom stereocenters. The van der Waals surface area contributed by atoms with Gasteiger partial charge in [-0.2, -0.15) is 13.2 Å². The molecular formula is C19H18F3NO2. The van der Waals surface area contributed by atoms with Crippen molar-refractivity contribution in [2.45, 2.75) is 19.0 Å². The number of Topliss-reactive ketones (excluding diaryl/α,β-unsaturated/α-hetero) is 1. The Morgan fingerprint density at radius 3 is 2.56 bits per heavy atom. The SMILES string of the molecule is CN1CCOc2cc(C(=O)CCc3ccc(C(F)(F)F)cc3)ccc21. The van der Waals surface area contributed by atoms with E-state index in [9.17, 15) is 18.0 Å². The molecule has 2 aromatic carbocycles. The zero-order valence-corrected chi connectivity index (χ0v) is 13.8. The highest BCUT2D eigenvalue weighted by Crippen LogP contribution is 2.32. The van der Waals surface area contributed by atoms with Crippen molar-refractivity contribution in [3.05, 3.63) is 59.2 Å². The average molecular weight is 349 g/mol. The standard InChI is InChI=1S/C19H18F3NO2/c1-23-10-11-25-18-12-14(5-8-16(18)23)17(24)9-4-13-2-6-15(7-3-13)19(20,21)22/h2-3,5-8,12H,4,9-11H2,1H3. The first-order chi connectivity index (χ1) is 11.8. The molecule has 2 aromatic rings. The van der Waals surface area contributed by atoms with E-state index in [1.165, 1.54) is 12.1 Å². The van der Waals surface area contributed by atoms with Gasteiger partial charge in [0.25, 0.3) is 0 Å². The Morgan fingerprint density at radius 2 is 1.88 bits per heavy atom. The lowest BCUT2D eigenvalue weighted by Gasteiger charge is -2.27. The normalized spacial score (nSPS) is 14.0. The summed E-state index contributed by atoms with van der Waals surface area (Å²) in [5, 5.41) is 0. The third-order valence-corrected chi connectivity index (χ3v) is 4.30. The lowest BCUT2D eigenvalue weighted by atomic mass is 10.0. The number of likely N-dealkylation sites (N-methyl/N-ethyl adjacent to an activating group) is 1. The molecule has 0 atom stereocenters. The van der Waals surface area contributed by atoms with Gasteiger partial charge in [-0.05, 0) is 42.3 Å². The van der Waals surface area contributed by atoms with E-state index in [1.807, 2.05) is 13.1 Å². The molecule has 0 saturated carbocycles. The van der Waals surface area contributed by atoms with Crippen molar-refractivity contribution in [2.75, 3.05) is 25.1 Å². The Hall–Kier alpha value is -2.50. The number of ether oxygens (including phenoxy) is 1. The van der Waals surface area contributed by atoms with Crippen molar-refractivity contribution in [1.82, 2.24) is 0 Å². The number of hydrogen-bond donors (Lipinski definition) is 0. The van der Waals surface area contributed by atoms with Gasteiger partial charge in [0.2, 0.25) is 0 Å². The quantitative estimate of drug-likeness (QED) is 0.769. The molecule has 0 bridgehead atoms. The van der Waals surface area contributed by atoms with E-state index >= 15 is 0 Å². The van der Waals surface area contributed by atoms with Crippen LogP contribution in [0.2, 0.25) is 0 Å². The van der Waals surface area contributed by atoms with Crippen LogP contribution < -0.4 is 9.64 Å². The summed E-state index contributed by atoms with van der Waals surface area (Å²) in [6.07, 6.45) is -3.71. The van der Waals surface area contributed by atoms with E-state index in [2.05, 4.69) is 4.90 Å². The van der Waals surface area contributed by atoms with Gasteiger partial charge in [0, 0.05) is 19.0 Å². The second-order valence-electron chi connectivity index (χ2n) is 6.07. The van der Waals surface area contributed by atoms with E-state index in [0.717, 1.165) is 24.4 Å². The molecule has 3 nitrogen and oxygen atoms in total. The highest BCUT2D eigenvalue weighted by atomic mass is 19.4. The van der Waals surface area contributed by atoms with E-state index in [1.54, 1.807) is 12.1 Å². The van der Waals surface area contributed by atoms with Crippen LogP contribution in [0.15, 0.2) is 42.5 Å². The number of alkyl halides is 3. The van der Waals surface area contributed by atoms with Crippen LogP contribution >= 0.6 is 0 Å². The topological polar surface area (TPSA) is 29.5 Å². The fraction of sp³-hybridized carbons (Fsp3) is 0.316. The van der Waals surface area contributed by atoms with E-state index < -0.39 is 11.7 Å². The predicted molar refractivity (Wildman–Crippen MR) is 89.3 cm³/mol. The molecule has 3 rings (SSSR count). The molecule has 0 amide bonds. The predicted octanol–water partition coefficient (Wildman–Crippen LogP) is 4.35. The van der Waals surface area contributed by atoms with Crippen LogP contribution in [0.1, 0.15) is 27.9 Å². The smallest absolute Gasteiger partial charge is 0.416 e. The number of aryl methyl sites for hydroxylation is 1. The van der Waals surface area contributed by atoms with Gasteiger partial charge in [-0.25, -0.2) is 0 Å². The van der Waals surface area contributed by atoms with E-state index in [-0.39, 0.29) is 12.2 Å². The second kappa shape index (κ2) is 6.78. The van der Waals surface area contributed by atoms with Crippen LogP contribution in [0.5, 0.6) is 5.75 Å². The summed E-state index contributed by atoms with van der Waals surface area (Å²) >= 11 is 0. The Balaban J connectivity index is 1.65. The first-order valence-corrected chi connectivity index (χ1v) is 8.02. The van der Waals surface area contributed by atoms with Crippen molar-refractivity contribution in [3.63, 3.8) is 0 Å². The van der Waals surface area contributed by atoms with Gasteiger partial charge in [-0.3, -0.25) is 4.79 Å². The summed E-state index contributed by atoms with van der Waals surface area (Å²) in [5.74, 6) is 0.633. The summed E-state index contributed by atoms with van der Waals surface area (Å²) in [6.45, 7) is 1.38. The minimum absolute atomic E-state index is 0.0560. The maximum absolute atomic E-state index is 12.6. The van der Waals surface area contributed by atoms with Crippen LogP contribution in [0.3, 0.4) is 0 Å². The molecule has 25 heavy (non-hydrogen) atoms. The van der Waals surface area contributed by atoms with Crippen molar-refractivity contribution in [1.29, 1.82) is 0 Å². The van der Waals surface area contributed by atoms with Crippen molar-refractivity contribution < 1.29 is 22.7 Å². The molecule has 0 fully saturated rings. The largest absolute Gasteiger partial charge is 0.490 e. The highest BCUT2D eigenvalue weighted by Gasteiger charge is 2.29. The molecule has 6 heteroatoms. The van der Waals surface area contributed by atoms with E-state index in [0.29, 0.717) is 29.9 Å². The number of carbonyl (C=O) groups excluding carboxylic acids is 1. The number of rotatable bonds is 4. The minimum atomic E-state index is -4.34. The van der Waals surface area contributed by atoms with Crippen LogP contribution in [-0.2, 0) is 12.6 Å². The summed E-state index contributed by atoms with van der Waals surface area (Å²) < 4.78 is 43.2. The number of hydrogen-bond acceptors (Lipinski definition) is 3. The van der Waals surface area contributed by atoms with Crippen LogP contribution in [0, 0.1) is 0 Å². The summed E-state index contributed by atoms with van der Waals surface area (Å²) in [5.41, 5.74) is 1.53.